The van der Waals surface area contributed by atoms with Crippen LogP contribution in [0.4, 0.5) is 4.39 Å². The average Bonchev–Trinajstić information content (AvgIpc) is 2.38. The van der Waals surface area contributed by atoms with Gasteiger partial charge in [-0.05, 0) is 24.3 Å². The lowest BCUT2D eigenvalue weighted by atomic mass is 10.3. The first-order chi connectivity index (χ1) is 8.61. The Hall–Kier alpha value is -2.11. The molecule has 1 aromatic rings. The topological polar surface area (TPSA) is 64.6 Å². The molecule has 0 unspecified atom stereocenters. The number of hydrogen-bond acceptors (Lipinski definition) is 4. The van der Waals surface area contributed by atoms with Crippen molar-refractivity contribution in [1.82, 2.24) is 5.32 Å². The van der Waals surface area contributed by atoms with Crippen molar-refractivity contribution in [1.29, 1.82) is 0 Å². The van der Waals surface area contributed by atoms with E-state index in [0.717, 1.165) is 0 Å². The molecule has 98 valence electrons. The zero-order chi connectivity index (χ0) is 13.4. The maximum absolute atomic E-state index is 12.6. The monoisotopic (exact) mass is 255 g/mol. The number of esters is 1. The van der Waals surface area contributed by atoms with E-state index in [4.69, 9.17) is 4.74 Å². The molecule has 1 aromatic carbocycles. The van der Waals surface area contributed by atoms with Gasteiger partial charge in [0.2, 0.25) is 0 Å². The molecule has 18 heavy (non-hydrogen) atoms. The second-order valence-corrected chi connectivity index (χ2v) is 3.42. The van der Waals surface area contributed by atoms with Gasteiger partial charge in [-0.15, -0.1) is 0 Å². The summed E-state index contributed by atoms with van der Waals surface area (Å²) in [6.07, 6.45) is 0.110. The maximum atomic E-state index is 12.6. The fourth-order valence-corrected chi connectivity index (χ4v) is 1.14. The summed E-state index contributed by atoms with van der Waals surface area (Å²) < 4.78 is 22.1. The van der Waals surface area contributed by atoms with Crippen LogP contribution in [0, 0.1) is 5.82 Å². The fraction of sp³-hybridized carbons (Fsp3) is 0.333. The van der Waals surface area contributed by atoms with Crippen molar-refractivity contribution in [2.24, 2.45) is 0 Å². The molecule has 0 atom stereocenters. The van der Waals surface area contributed by atoms with E-state index in [-0.39, 0.29) is 31.3 Å². The van der Waals surface area contributed by atoms with Gasteiger partial charge in [-0.1, -0.05) is 0 Å². The molecule has 1 amide bonds. The van der Waals surface area contributed by atoms with Crippen molar-refractivity contribution in [3.63, 3.8) is 0 Å². The Balaban J connectivity index is 2.21. The summed E-state index contributed by atoms with van der Waals surface area (Å²) in [4.78, 5) is 22.1. The highest BCUT2D eigenvalue weighted by atomic mass is 19.1. The summed E-state index contributed by atoms with van der Waals surface area (Å²) in [5.74, 6) is -0.720. The largest absolute Gasteiger partial charge is 0.484 e. The second kappa shape index (κ2) is 7.26. The van der Waals surface area contributed by atoms with Gasteiger partial charge in [0, 0.05) is 6.54 Å². The number of carbonyl (C=O) groups is 2. The van der Waals surface area contributed by atoms with Crippen LogP contribution in [-0.2, 0) is 14.3 Å². The van der Waals surface area contributed by atoms with Crippen molar-refractivity contribution in [3.05, 3.63) is 30.1 Å². The molecule has 0 saturated carbocycles. The summed E-state index contributed by atoms with van der Waals surface area (Å²) in [6, 6.07) is 5.34. The number of amides is 1. The van der Waals surface area contributed by atoms with Crippen molar-refractivity contribution in [2.75, 3.05) is 20.3 Å². The van der Waals surface area contributed by atoms with E-state index in [0.29, 0.717) is 5.75 Å². The number of methoxy groups -OCH3 is 1. The first-order valence-corrected chi connectivity index (χ1v) is 5.33. The quantitative estimate of drug-likeness (QED) is 0.766. The minimum atomic E-state index is -0.394. The molecule has 1 rings (SSSR count). The fourth-order valence-electron chi connectivity index (χ4n) is 1.14. The summed E-state index contributed by atoms with van der Waals surface area (Å²) in [5, 5.41) is 2.49. The molecule has 5 nitrogen and oxygen atoms in total. The zero-order valence-electron chi connectivity index (χ0n) is 9.94. The van der Waals surface area contributed by atoms with Crippen LogP contribution in [0.5, 0.6) is 5.75 Å². The number of hydrogen-bond donors (Lipinski definition) is 1. The van der Waals surface area contributed by atoms with Crippen molar-refractivity contribution in [3.8, 4) is 5.75 Å². The summed E-state index contributed by atoms with van der Waals surface area (Å²) >= 11 is 0. The van der Waals surface area contributed by atoms with E-state index in [2.05, 4.69) is 10.1 Å². The summed E-state index contributed by atoms with van der Waals surface area (Å²) in [6.45, 7) is 0.00505. The van der Waals surface area contributed by atoms with Gasteiger partial charge in [-0.3, -0.25) is 9.59 Å². The lowest BCUT2D eigenvalue weighted by Crippen LogP contribution is -2.30. The van der Waals surface area contributed by atoms with E-state index < -0.39 is 5.97 Å². The van der Waals surface area contributed by atoms with Gasteiger partial charge in [0.25, 0.3) is 5.91 Å². The van der Waals surface area contributed by atoms with Crippen molar-refractivity contribution < 1.29 is 23.5 Å². The Labute approximate surface area is 104 Å². The van der Waals surface area contributed by atoms with Gasteiger partial charge < -0.3 is 14.8 Å². The van der Waals surface area contributed by atoms with Crippen LogP contribution in [0.2, 0.25) is 0 Å². The van der Waals surface area contributed by atoms with E-state index in [1.165, 1.54) is 31.4 Å². The number of carbonyl (C=O) groups excluding carboxylic acids is 2. The smallest absolute Gasteiger partial charge is 0.307 e. The third-order valence-corrected chi connectivity index (χ3v) is 2.06. The highest BCUT2D eigenvalue weighted by Crippen LogP contribution is 2.10. The average molecular weight is 255 g/mol. The molecule has 0 radical (unpaired) electrons. The van der Waals surface area contributed by atoms with E-state index in [1.54, 1.807) is 0 Å². The minimum Gasteiger partial charge on any atom is -0.484 e. The number of halogens is 1. The first kappa shape index (κ1) is 14.0. The zero-order valence-corrected chi connectivity index (χ0v) is 9.94. The molecule has 0 aliphatic heterocycles. The number of benzene rings is 1. The normalized spacial score (nSPS) is 9.67. The molecule has 0 bridgehead atoms. The van der Waals surface area contributed by atoms with Crippen LogP contribution < -0.4 is 10.1 Å². The Bertz CT molecular complexity index is 405. The Morgan fingerprint density at radius 3 is 2.56 bits per heavy atom. The van der Waals surface area contributed by atoms with Crippen LogP contribution in [0.1, 0.15) is 6.42 Å². The van der Waals surface area contributed by atoms with Crippen LogP contribution in [0.3, 0.4) is 0 Å². The number of rotatable bonds is 6. The third kappa shape index (κ3) is 5.29. The number of ether oxygens (including phenoxy) is 2. The Kier molecular flexibility index (Phi) is 5.63. The molecule has 0 saturated heterocycles. The lowest BCUT2D eigenvalue weighted by Gasteiger charge is -2.06. The molecular weight excluding hydrogens is 241 g/mol. The molecule has 0 aliphatic rings. The molecule has 0 aliphatic carbocycles. The van der Waals surface area contributed by atoms with E-state index in [9.17, 15) is 14.0 Å². The van der Waals surface area contributed by atoms with Crippen LogP contribution >= 0.6 is 0 Å². The van der Waals surface area contributed by atoms with E-state index >= 15 is 0 Å². The predicted molar refractivity (Wildman–Crippen MR) is 61.5 cm³/mol. The van der Waals surface area contributed by atoms with Crippen molar-refractivity contribution in [2.45, 2.75) is 6.42 Å². The van der Waals surface area contributed by atoms with Crippen LogP contribution in [0.15, 0.2) is 24.3 Å². The van der Waals surface area contributed by atoms with E-state index in [1.807, 2.05) is 0 Å². The Morgan fingerprint density at radius 2 is 1.94 bits per heavy atom. The van der Waals surface area contributed by atoms with Gasteiger partial charge in [-0.2, -0.15) is 0 Å². The predicted octanol–water partition coefficient (Wildman–Crippen LogP) is 0.884. The lowest BCUT2D eigenvalue weighted by molar-refractivity contribution is -0.140. The van der Waals surface area contributed by atoms with Gasteiger partial charge >= 0.3 is 5.97 Å². The van der Waals surface area contributed by atoms with Gasteiger partial charge in [0.05, 0.1) is 13.5 Å². The molecule has 0 aromatic heterocycles. The summed E-state index contributed by atoms with van der Waals surface area (Å²) in [5.41, 5.74) is 0. The van der Waals surface area contributed by atoms with Gasteiger partial charge in [-0.25, -0.2) is 4.39 Å². The molecule has 1 N–H and O–H groups in total. The molecule has 6 heteroatoms. The van der Waals surface area contributed by atoms with Crippen LogP contribution in [0.25, 0.3) is 0 Å². The Morgan fingerprint density at radius 1 is 1.28 bits per heavy atom. The maximum Gasteiger partial charge on any atom is 0.307 e. The second-order valence-electron chi connectivity index (χ2n) is 3.42. The van der Waals surface area contributed by atoms with Gasteiger partial charge in [0.1, 0.15) is 11.6 Å². The first-order valence-electron chi connectivity index (χ1n) is 5.33. The molecular formula is C12H14FNO4. The molecule has 0 heterocycles. The highest BCUT2D eigenvalue weighted by Gasteiger charge is 2.04. The molecule has 0 fully saturated rings. The minimum absolute atomic E-state index is 0.110. The molecule has 0 spiro atoms. The number of nitrogens with one attached hydrogen (secondary N) is 1. The van der Waals surface area contributed by atoms with Gasteiger partial charge in [0.15, 0.2) is 6.61 Å². The third-order valence-electron chi connectivity index (χ3n) is 2.06. The highest BCUT2D eigenvalue weighted by molar-refractivity contribution is 5.78. The van der Waals surface area contributed by atoms with Crippen molar-refractivity contribution >= 4 is 11.9 Å². The SMILES string of the molecule is COC(=O)CCNC(=O)COc1ccc(F)cc1. The standard InChI is InChI=1S/C12H14FNO4/c1-17-12(16)6-7-14-11(15)8-18-10-4-2-9(13)3-5-10/h2-5H,6-8H2,1H3,(H,14,15). The van der Waals surface area contributed by atoms with Crippen LogP contribution in [-0.4, -0.2) is 32.1 Å². The summed E-state index contributed by atoms with van der Waals surface area (Å²) in [7, 11) is 1.28.